The maximum absolute atomic E-state index is 13.0. The van der Waals surface area contributed by atoms with Gasteiger partial charge in [-0.15, -0.1) is 5.10 Å². The van der Waals surface area contributed by atoms with Crippen LogP contribution in [0, 0.1) is 5.82 Å². The number of hydrogen-bond donors (Lipinski definition) is 1. The van der Waals surface area contributed by atoms with Crippen LogP contribution in [-0.2, 0) is 6.54 Å². The SMILES string of the molecule is Fc1ccc(CNc2nc3ccc(Cl)cn3n2)cc1Cl. The molecule has 2 heterocycles. The molecule has 0 saturated carbocycles. The van der Waals surface area contributed by atoms with Gasteiger partial charge in [0.1, 0.15) is 5.82 Å². The third-order valence-electron chi connectivity index (χ3n) is 2.73. The molecule has 0 aliphatic heterocycles. The van der Waals surface area contributed by atoms with E-state index in [0.717, 1.165) is 5.56 Å². The van der Waals surface area contributed by atoms with Gasteiger partial charge in [0.25, 0.3) is 0 Å². The number of pyridine rings is 1. The fourth-order valence-electron chi connectivity index (χ4n) is 1.76. The fraction of sp³-hybridized carbons (Fsp3) is 0.0769. The summed E-state index contributed by atoms with van der Waals surface area (Å²) in [4.78, 5) is 4.28. The Morgan fingerprint density at radius 2 is 2.05 bits per heavy atom. The van der Waals surface area contributed by atoms with Crippen LogP contribution in [0.15, 0.2) is 36.5 Å². The van der Waals surface area contributed by atoms with E-state index in [0.29, 0.717) is 23.2 Å². The maximum Gasteiger partial charge on any atom is 0.243 e. The Balaban J connectivity index is 1.77. The van der Waals surface area contributed by atoms with Crippen molar-refractivity contribution in [2.75, 3.05) is 5.32 Å². The van der Waals surface area contributed by atoms with Crippen molar-refractivity contribution in [1.82, 2.24) is 14.6 Å². The van der Waals surface area contributed by atoms with E-state index in [-0.39, 0.29) is 5.02 Å². The highest BCUT2D eigenvalue weighted by Gasteiger charge is 2.05. The molecule has 0 radical (unpaired) electrons. The molecule has 20 heavy (non-hydrogen) atoms. The Morgan fingerprint density at radius 3 is 2.85 bits per heavy atom. The van der Waals surface area contributed by atoms with Crippen LogP contribution in [-0.4, -0.2) is 14.6 Å². The zero-order chi connectivity index (χ0) is 14.1. The molecular weight excluding hydrogens is 302 g/mol. The van der Waals surface area contributed by atoms with E-state index in [2.05, 4.69) is 15.4 Å². The number of rotatable bonds is 3. The van der Waals surface area contributed by atoms with Crippen molar-refractivity contribution in [3.8, 4) is 0 Å². The first-order valence-corrected chi connectivity index (χ1v) is 6.57. The second kappa shape index (κ2) is 5.26. The number of hydrogen-bond acceptors (Lipinski definition) is 3. The number of benzene rings is 1. The highest BCUT2D eigenvalue weighted by atomic mass is 35.5. The number of halogens is 3. The van der Waals surface area contributed by atoms with E-state index in [1.165, 1.54) is 6.07 Å². The molecule has 0 bridgehead atoms. The summed E-state index contributed by atoms with van der Waals surface area (Å²) in [5.74, 6) is 0.0311. The molecule has 3 aromatic rings. The number of fused-ring (bicyclic) bond motifs is 1. The third-order valence-corrected chi connectivity index (χ3v) is 3.24. The molecule has 0 amide bonds. The van der Waals surface area contributed by atoms with Gasteiger partial charge < -0.3 is 5.32 Å². The van der Waals surface area contributed by atoms with Gasteiger partial charge in [0, 0.05) is 12.7 Å². The zero-order valence-electron chi connectivity index (χ0n) is 10.1. The van der Waals surface area contributed by atoms with Crippen molar-refractivity contribution in [2.45, 2.75) is 6.54 Å². The minimum Gasteiger partial charge on any atom is -0.349 e. The van der Waals surface area contributed by atoms with E-state index in [4.69, 9.17) is 23.2 Å². The van der Waals surface area contributed by atoms with Crippen molar-refractivity contribution in [2.24, 2.45) is 0 Å². The normalized spacial score (nSPS) is 10.9. The Morgan fingerprint density at radius 1 is 1.20 bits per heavy atom. The fourth-order valence-corrected chi connectivity index (χ4v) is 2.12. The molecule has 1 aromatic carbocycles. The van der Waals surface area contributed by atoms with Gasteiger partial charge in [0.05, 0.1) is 10.0 Å². The quantitative estimate of drug-likeness (QED) is 0.800. The Kier molecular flexibility index (Phi) is 3.46. The lowest BCUT2D eigenvalue weighted by atomic mass is 10.2. The van der Waals surface area contributed by atoms with E-state index >= 15 is 0 Å². The minimum atomic E-state index is -0.434. The molecule has 0 aliphatic carbocycles. The Bertz CT molecular complexity index is 772. The first-order valence-electron chi connectivity index (χ1n) is 5.81. The lowest BCUT2D eigenvalue weighted by molar-refractivity contribution is 0.627. The lowest BCUT2D eigenvalue weighted by Crippen LogP contribution is -2.01. The summed E-state index contributed by atoms with van der Waals surface area (Å²) < 4.78 is 14.6. The molecule has 0 atom stereocenters. The van der Waals surface area contributed by atoms with Crippen LogP contribution in [0.4, 0.5) is 10.3 Å². The number of nitrogens with zero attached hydrogens (tertiary/aromatic N) is 3. The predicted molar refractivity (Wildman–Crippen MR) is 76.7 cm³/mol. The van der Waals surface area contributed by atoms with Crippen LogP contribution in [0.25, 0.3) is 5.65 Å². The van der Waals surface area contributed by atoms with Crippen LogP contribution in [0.2, 0.25) is 10.0 Å². The summed E-state index contributed by atoms with van der Waals surface area (Å²) in [5, 5.41) is 7.96. The van der Waals surface area contributed by atoms with Crippen molar-refractivity contribution >= 4 is 34.8 Å². The van der Waals surface area contributed by atoms with Crippen LogP contribution in [0.5, 0.6) is 0 Å². The molecule has 2 aromatic heterocycles. The molecule has 0 saturated heterocycles. The smallest absolute Gasteiger partial charge is 0.243 e. The largest absolute Gasteiger partial charge is 0.349 e. The van der Waals surface area contributed by atoms with Crippen LogP contribution in [0.1, 0.15) is 5.56 Å². The summed E-state index contributed by atoms with van der Waals surface area (Å²) in [5.41, 5.74) is 1.53. The molecule has 1 N–H and O–H groups in total. The van der Waals surface area contributed by atoms with Crippen molar-refractivity contribution in [1.29, 1.82) is 0 Å². The maximum atomic E-state index is 13.0. The van der Waals surface area contributed by atoms with Gasteiger partial charge in [0.2, 0.25) is 5.95 Å². The average molecular weight is 311 g/mol. The lowest BCUT2D eigenvalue weighted by Gasteiger charge is -2.03. The zero-order valence-corrected chi connectivity index (χ0v) is 11.7. The molecule has 4 nitrogen and oxygen atoms in total. The standard InChI is InChI=1S/C13H9Cl2FN4/c14-9-2-4-12-18-13(19-20(12)7-9)17-6-8-1-3-11(16)10(15)5-8/h1-5,7H,6H2,(H,17,19). The first-order chi connectivity index (χ1) is 9.61. The summed E-state index contributed by atoms with van der Waals surface area (Å²) in [7, 11) is 0. The van der Waals surface area contributed by atoms with Gasteiger partial charge in [-0.1, -0.05) is 29.3 Å². The van der Waals surface area contributed by atoms with Gasteiger partial charge in [-0.25, -0.2) is 8.91 Å². The molecule has 0 fully saturated rings. The van der Waals surface area contributed by atoms with E-state index in [9.17, 15) is 4.39 Å². The molecule has 0 aliphatic rings. The highest BCUT2D eigenvalue weighted by Crippen LogP contribution is 2.17. The van der Waals surface area contributed by atoms with Gasteiger partial charge >= 0.3 is 0 Å². The average Bonchev–Trinajstić information content (AvgIpc) is 2.82. The molecular formula is C13H9Cl2FN4. The van der Waals surface area contributed by atoms with Gasteiger partial charge in [-0.2, -0.15) is 4.98 Å². The monoisotopic (exact) mass is 310 g/mol. The van der Waals surface area contributed by atoms with Crippen LogP contribution in [0.3, 0.4) is 0 Å². The summed E-state index contributed by atoms with van der Waals surface area (Å²) in [6.07, 6.45) is 1.67. The van der Waals surface area contributed by atoms with Crippen molar-refractivity contribution in [3.05, 3.63) is 58.0 Å². The molecule has 0 spiro atoms. The van der Waals surface area contributed by atoms with Crippen LogP contribution < -0.4 is 5.32 Å². The summed E-state index contributed by atoms with van der Waals surface area (Å²) in [6, 6.07) is 8.07. The van der Waals surface area contributed by atoms with Crippen molar-refractivity contribution < 1.29 is 4.39 Å². The second-order valence-corrected chi connectivity index (χ2v) is 5.03. The van der Waals surface area contributed by atoms with E-state index in [1.807, 2.05) is 0 Å². The van der Waals surface area contributed by atoms with Gasteiger partial charge in [0.15, 0.2) is 5.65 Å². The number of nitrogens with one attached hydrogen (secondary N) is 1. The van der Waals surface area contributed by atoms with Gasteiger partial charge in [-0.05, 0) is 29.8 Å². The Hall–Kier alpha value is -1.85. The molecule has 102 valence electrons. The number of anilines is 1. The molecule has 3 rings (SSSR count). The molecule has 0 unspecified atom stereocenters. The molecule has 7 heteroatoms. The van der Waals surface area contributed by atoms with E-state index < -0.39 is 5.82 Å². The Labute approximate surface area is 124 Å². The second-order valence-electron chi connectivity index (χ2n) is 4.19. The topological polar surface area (TPSA) is 42.2 Å². The third kappa shape index (κ3) is 2.69. The summed E-state index contributed by atoms with van der Waals surface area (Å²) in [6.45, 7) is 0.449. The predicted octanol–water partition coefficient (Wildman–Crippen LogP) is 3.79. The highest BCUT2D eigenvalue weighted by molar-refractivity contribution is 6.30. The van der Waals surface area contributed by atoms with Crippen LogP contribution >= 0.6 is 23.2 Å². The summed E-state index contributed by atoms with van der Waals surface area (Å²) >= 11 is 11.6. The number of aromatic nitrogens is 3. The van der Waals surface area contributed by atoms with Crippen molar-refractivity contribution in [3.63, 3.8) is 0 Å². The van der Waals surface area contributed by atoms with E-state index in [1.54, 1.807) is 35.0 Å². The minimum absolute atomic E-state index is 0.0963. The van der Waals surface area contributed by atoms with Gasteiger partial charge in [-0.3, -0.25) is 0 Å². The first kappa shape index (κ1) is 13.1.